The molecule has 4 aromatic rings. The van der Waals surface area contributed by atoms with E-state index in [1.54, 1.807) is 16.6 Å². The van der Waals surface area contributed by atoms with Gasteiger partial charge < -0.3 is 5.32 Å². The molecule has 28 heavy (non-hydrogen) atoms. The predicted octanol–water partition coefficient (Wildman–Crippen LogP) is 3.37. The van der Waals surface area contributed by atoms with Crippen LogP contribution in [-0.4, -0.2) is 34.3 Å². The fraction of sp³-hybridized carbons (Fsp3) is 0.150. The number of hydrogen-bond donors (Lipinski definition) is 1. The number of nitrogens with one attached hydrogen (secondary N) is 1. The van der Waals surface area contributed by atoms with Gasteiger partial charge in [0.2, 0.25) is 0 Å². The molecule has 1 unspecified atom stereocenters. The molecule has 2 aromatic carbocycles. The Bertz CT molecular complexity index is 1220. The zero-order valence-corrected chi connectivity index (χ0v) is 16.3. The Balaban J connectivity index is 1.68. The highest BCUT2D eigenvalue weighted by Gasteiger charge is 2.13. The molecular formula is C20H19N5O2S. The van der Waals surface area contributed by atoms with Gasteiger partial charge >= 0.3 is 0 Å². The molecule has 0 radical (unpaired) electrons. The van der Waals surface area contributed by atoms with E-state index >= 15 is 0 Å². The normalized spacial score (nSPS) is 12.8. The Labute approximate surface area is 163 Å². The highest BCUT2D eigenvalue weighted by molar-refractivity contribution is 7.90. The molecule has 0 amide bonds. The third-order valence-corrected chi connectivity index (χ3v) is 5.62. The summed E-state index contributed by atoms with van der Waals surface area (Å²) in [5, 5.41) is 7.67. The molecule has 0 saturated heterocycles. The van der Waals surface area contributed by atoms with E-state index in [1.807, 2.05) is 55.5 Å². The van der Waals surface area contributed by atoms with Gasteiger partial charge in [0.05, 0.1) is 10.6 Å². The lowest BCUT2D eigenvalue weighted by molar-refractivity contribution is 0.602. The van der Waals surface area contributed by atoms with Crippen LogP contribution in [0.3, 0.4) is 0 Å². The van der Waals surface area contributed by atoms with Gasteiger partial charge in [-0.25, -0.2) is 13.4 Å². The number of benzene rings is 2. The molecule has 2 heterocycles. The number of anilines is 1. The maximum atomic E-state index is 11.7. The number of sulfone groups is 1. The van der Waals surface area contributed by atoms with Crippen LogP contribution in [0.25, 0.3) is 17.0 Å². The largest absolute Gasteiger partial charge is 0.363 e. The van der Waals surface area contributed by atoms with E-state index in [0.717, 1.165) is 22.6 Å². The first-order chi connectivity index (χ1) is 13.4. The van der Waals surface area contributed by atoms with Gasteiger partial charge in [-0.1, -0.05) is 42.5 Å². The fourth-order valence-corrected chi connectivity index (χ4v) is 3.61. The number of hydrogen-bond acceptors (Lipinski definition) is 6. The van der Waals surface area contributed by atoms with Crippen molar-refractivity contribution in [3.05, 3.63) is 72.6 Å². The van der Waals surface area contributed by atoms with E-state index in [2.05, 4.69) is 20.4 Å². The summed E-state index contributed by atoms with van der Waals surface area (Å²) in [5.74, 6) is 1.25. The van der Waals surface area contributed by atoms with E-state index < -0.39 is 9.84 Å². The maximum absolute atomic E-state index is 11.7. The van der Waals surface area contributed by atoms with Crippen LogP contribution in [0, 0.1) is 0 Å². The summed E-state index contributed by atoms with van der Waals surface area (Å²) in [6.45, 7) is 2.00. The summed E-state index contributed by atoms with van der Waals surface area (Å²) in [5.41, 5.74) is 2.74. The quantitative estimate of drug-likeness (QED) is 0.559. The third kappa shape index (κ3) is 3.59. The first-order valence-corrected chi connectivity index (χ1v) is 10.6. The maximum Gasteiger partial charge on any atom is 0.254 e. The van der Waals surface area contributed by atoms with E-state index in [0.29, 0.717) is 10.7 Å². The van der Waals surface area contributed by atoms with Crippen molar-refractivity contribution in [2.45, 2.75) is 17.9 Å². The zero-order valence-electron chi connectivity index (χ0n) is 15.4. The van der Waals surface area contributed by atoms with Crippen molar-refractivity contribution >= 4 is 21.4 Å². The molecule has 0 aliphatic rings. The van der Waals surface area contributed by atoms with Gasteiger partial charge in [0.25, 0.3) is 5.78 Å². The highest BCUT2D eigenvalue weighted by atomic mass is 32.2. The predicted molar refractivity (Wildman–Crippen MR) is 108 cm³/mol. The topological polar surface area (TPSA) is 89.2 Å². The Hall–Kier alpha value is -3.26. The first kappa shape index (κ1) is 18.1. The average molecular weight is 393 g/mol. The van der Waals surface area contributed by atoms with Crippen LogP contribution in [0.4, 0.5) is 5.82 Å². The van der Waals surface area contributed by atoms with Crippen LogP contribution in [0.2, 0.25) is 0 Å². The minimum absolute atomic E-state index is 0.0768. The molecule has 0 aliphatic carbocycles. The summed E-state index contributed by atoms with van der Waals surface area (Å²) in [7, 11) is -3.21. The lowest BCUT2D eigenvalue weighted by Gasteiger charge is -2.17. The second-order valence-corrected chi connectivity index (χ2v) is 8.59. The number of fused-ring (bicyclic) bond motifs is 1. The van der Waals surface area contributed by atoms with Crippen molar-refractivity contribution in [2.75, 3.05) is 11.6 Å². The molecule has 0 bridgehead atoms. The van der Waals surface area contributed by atoms with Crippen molar-refractivity contribution in [1.29, 1.82) is 0 Å². The monoisotopic (exact) mass is 393 g/mol. The summed E-state index contributed by atoms with van der Waals surface area (Å²) >= 11 is 0. The Morgan fingerprint density at radius 3 is 2.43 bits per heavy atom. The van der Waals surface area contributed by atoms with Crippen molar-refractivity contribution in [2.24, 2.45) is 0 Å². The van der Waals surface area contributed by atoms with Crippen LogP contribution >= 0.6 is 0 Å². The molecule has 4 rings (SSSR count). The Morgan fingerprint density at radius 2 is 1.75 bits per heavy atom. The van der Waals surface area contributed by atoms with E-state index in [4.69, 9.17) is 0 Å². The van der Waals surface area contributed by atoms with Crippen molar-refractivity contribution < 1.29 is 8.42 Å². The van der Waals surface area contributed by atoms with E-state index in [9.17, 15) is 8.42 Å². The molecule has 0 spiro atoms. The number of rotatable bonds is 5. The molecule has 1 N–H and O–H groups in total. The summed E-state index contributed by atoms with van der Waals surface area (Å²) < 4.78 is 25.0. The minimum Gasteiger partial charge on any atom is -0.363 e. The van der Waals surface area contributed by atoms with Crippen LogP contribution < -0.4 is 5.32 Å². The molecule has 2 aromatic heterocycles. The van der Waals surface area contributed by atoms with Crippen molar-refractivity contribution in [1.82, 2.24) is 19.6 Å². The minimum atomic E-state index is -3.21. The van der Waals surface area contributed by atoms with Crippen LogP contribution in [0.5, 0.6) is 0 Å². The molecule has 0 fully saturated rings. The number of nitrogens with zero attached hydrogens (tertiary/aromatic N) is 4. The van der Waals surface area contributed by atoms with Crippen LogP contribution in [0.15, 0.2) is 71.9 Å². The standard InChI is InChI=1S/C20H19N5O2S/c1-14(15-8-10-17(11-9-15)28(2,26)27)23-19-12-18(16-6-4-3-5-7-16)24-20-21-13-22-25(19)20/h3-14,23H,1-2H3. The molecule has 0 saturated carbocycles. The summed E-state index contributed by atoms with van der Waals surface area (Å²) in [6, 6.07) is 18.6. The third-order valence-electron chi connectivity index (χ3n) is 4.49. The summed E-state index contributed by atoms with van der Waals surface area (Å²) in [6.07, 6.45) is 2.67. The Kier molecular flexibility index (Phi) is 4.56. The molecule has 1 atom stereocenters. The van der Waals surface area contributed by atoms with Gasteiger partial charge in [0, 0.05) is 23.9 Å². The van der Waals surface area contributed by atoms with E-state index in [-0.39, 0.29) is 6.04 Å². The van der Waals surface area contributed by atoms with Gasteiger partial charge in [-0.3, -0.25) is 0 Å². The SMILES string of the molecule is CC(Nc1cc(-c2ccccc2)nc2ncnn12)c1ccc(S(C)(=O)=O)cc1. The number of aromatic nitrogens is 4. The fourth-order valence-electron chi connectivity index (χ4n) is 2.98. The van der Waals surface area contributed by atoms with Gasteiger partial charge in [0.15, 0.2) is 9.84 Å². The van der Waals surface area contributed by atoms with Crippen molar-refractivity contribution in [3.8, 4) is 11.3 Å². The van der Waals surface area contributed by atoms with Gasteiger partial charge in [-0.15, -0.1) is 0 Å². The second kappa shape index (κ2) is 7.05. The molecule has 7 nitrogen and oxygen atoms in total. The van der Waals surface area contributed by atoms with Gasteiger partial charge in [0.1, 0.15) is 12.1 Å². The highest BCUT2D eigenvalue weighted by Crippen LogP contribution is 2.25. The average Bonchev–Trinajstić information content (AvgIpc) is 3.17. The lowest BCUT2D eigenvalue weighted by Crippen LogP contribution is -2.11. The van der Waals surface area contributed by atoms with Gasteiger partial charge in [-0.2, -0.15) is 14.6 Å². The molecule has 142 valence electrons. The second-order valence-electron chi connectivity index (χ2n) is 6.57. The smallest absolute Gasteiger partial charge is 0.254 e. The summed E-state index contributed by atoms with van der Waals surface area (Å²) in [4.78, 5) is 9.09. The Morgan fingerprint density at radius 1 is 1.04 bits per heavy atom. The first-order valence-electron chi connectivity index (χ1n) is 8.74. The van der Waals surface area contributed by atoms with Crippen LogP contribution in [-0.2, 0) is 9.84 Å². The lowest BCUT2D eigenvalue weighted by atomic mass is 10.1. The van der Waals surface area contributed by atoms with Crippen molar-refractivity contribution in [3.63, 3.8) is 0 Å². The van der Waals surface area contributed by atoms with Gasteiger partial charge in [-0.05, 0) is 24.6 Å². The molecule has 8 heteroatoms. The van der Waals surface area contributed by atoms with Crippen LogP contribution in [0.1, 0.15) is 18.5 Å². The zero-order chi connectivity index (χ0) is 19.7. The van der Waals surface area contributed by atoms with E-state index in [1.165, 1.54) is 12.6 Å². The molecule has 0 aliphatic heterocycles. The molecular weight excluding hydrogens is 374 g/mol.